The SMILES string of the molecule is CN(C)C1CCN(CCN2CC3(CCN(C(=O)c4ccoc4)CC3)OC2=O)C1. The first-order valence-corrected chi connectivity index (χ1v) is 10.1. The minimum atomic E-state index is -0.443. The molecule has 8 nitrogen and oxygen atoms in total. The van der Waals surface area contributed by atoms with Crippen molar-refractivity contribution in [3.63, 3.8) is 0 Å². The predicted octanol–water partition coefficient (Wildman–Crippen LogP) is 1.34. The molecule has 0 aromatic carbocycles. The van der Waals surface area contributed by atoms with Crippen LogP contribution >= 0.6 is 0 Å². The number of piperidine rings is 1. The number of carbonyl (C=O) groups excluding carboxylic acids is 2. The maximum Gasteiger partial charge on any atom is 0.410 e. The lowest BCUT2D eigenvalue weighted by Crippen LogP contribution is -2.49. The average molecular weight is 390 g/mol. The molecule has 4 rings (SSSR count). The van der Waals surface area contributed by atoms with E-state index in [0.29, 0.717) is 50.6 Å². The maximum atomic E-state index is 12.5. The van der Waals surface area contributed by atoms with Crippen LogP contribution in [0.3, 0.4) is 0 Å². The molecule has 3 fully saturated rings. The molecule has 1 unspecified atom stereocenters. The summed E-state index contributed by atoms with van der Waals surface area (Å²) < 4.78 is 10.8. The first kappa shape index (κ1) is 19.3. The van der Waals surface area contributed by atoms with Crippen molar-refractivity contribution in [3.05, 3.63) is 24.2 Å². The van der Waals surface area contributed by atoms with Gasteiger partial charge in [-0.25, -0.2) is 4.79 Å². The quantitative estimate of drug-likeness (QED) is 0.756. The average Bonchev–Trinajstić information content (AvgIpc) is 3.41. The molecule has 0 aliphatic carbocycles. The zero-order valence-corrected chi connectivity index (χ0v) is 16.8. The Morgan fingerprint density at radius 2 is 2.04 bits per heavy atom. The molecule has 4 heterocycles. The second kappa shape index (κ2) is 7.75. The van der Waals surface area contributed by atoms with E-state index in [1.54, 1.807) is 6.07 Å². The fourth-order valence-electron chi connectivity index (χ4n) is 4.51. The van der Waals surface area contributed by atoms with Gasteiger partial charge in [-0.2, -0.15) is 0 Å². The Hall–Kier alpha value is -2.06. The van der Waals surface area contributed by atoms with Crippen molar-refractivity contribution in [3.8, 4) is 0 Å². The molecular weight excluding hydrogens is 360 g/mol. The van der Waals surface area contributed by atoms with Gasteiger partial charge in [-0.3, -0.25) is 9.69 Å². The van der Waals surface area contributed by atoms with E-state index < -0.39 is 5.60 Å². The highest BCUT2D eigenvalue weighted by Gasteiger charge is 2.47. The number of nitrogens with zero attached hydrogens (tertiary/aromatic N) is 4. The summed E-state index contributed by atoms with van der Waals surface area (Å²) in [5.41, 5.74) is 0.129. The number of amides is 2. The summed E-state index contributed by atoms with van der Waals surface area (Å²) in [5, 5.41) is 0. The van der Waals surface area contributed by atoms with Crippen LogP contribution in [0.2, 0.25) is 0 Å². The smallest absolute Gasteiger partial charge is 0.410 e. The van der Waals surface area contributed by atoms with Crippen molar-refractivity contribution in [1.82, 2.24) is 19.6 Å². The van der Waals surface area contributed by atoms with Crippen molar-refractivity contribution in [2.75, 3.05) is 59.9 Å². The van der Waals surface area contributed by atoms with Gasteiger partial charge in [0.15, 0.2) is 0 Å². The Labute approximate surface area is 166 Å². The summed E-state index contributed by atoms with van der Waals surface area (Å²) in [4.78, 5) is 33.2. The first-order valence-electron chi connectivity index (χ1n) is 10.1. The molecule has 1 aromatic rings. The molecule has 1 aromatic heterocycles. The van der Waals surface area contributed by atoms with Gasteiger partial charge in [0.05, 0.1) is 18.4 Å². The minimum absolute atomic E-state index is 0.0192. The second-order valence-corrected chi connectivity index (χ2v) is 8.48. The Morgan fingerprint density at radius 1 is 1.25 bits per heavy atom. The number of carbonyl (C=O) groups is 2. The third-order valence-electron chi connectivity index (χ3n) is 6.43. The zero-order valence-electron chi connectivity index (χ0n) is 16.8. The van der Waals surface area contributed by atoms with E-state index in [0.717, 1.165) is 19.6 Å². The molecule has 3 aliphatic rings. The number of furan rings is 1. The molecule has 1 spiro atoms. The van der Waals surface area contributed by atoms with Gasteiger partial charge in [-0.1, -0.05) is 0 Å². The number of hydrogen-bond acceptors (Lipinski definition) is 6. The normalized spacial score (nSPS) is 25.1. The van der Waals surface area contributed by atoms with Crippen molar-refractivity contribution in [1.29, 1.82) is 0 Å². The van der Waals surface area contributed by atoms with Gasteiger partial charge in [-0.15, -0.1) is 0 Å². The Bertz CT molecular complexity index is 697. The molecule has 0 bridgehead atoms. The summed E-state index contributed by atoms with van der Waals surface area (Å²) in [5.74, 6) is -0.0192. The van der Waals surface area contributed by atoms with Gasteiger partial charge in [-0.05, 0) is 33.1 Å². The summed E-state index contributed by atoms with van der Waals surface area (Å²) in [7, 11) is 4.25. The lowest BCUT2D eigenvalue weighted by molar-refractivity contribution is 0.00311. The fraction of sp³-hybridized carbons (Fsp3) is 0.700. The van der Waals surface area contributed by atoms with Crippen LogP contribution < -0.4 is 0 Å². The number of hydrogen-bond donors (Lipinski definition) is 0. The van der Waals surface area contributed by atoms with E-state index in [-0.39, 0.29) is 12.0 Å². The van der Waals surface area contributed by atoms with E-state index in [9.17, 15) is 9.59 Å². The summed E-state index contributed by atoms with van der Waals surface area (Å²) in [6, 6.07) is 2.29. The van der Waals surface area contributed by atoms with Gasteiger partial charge in [0.1, 0.15) is 11.9 Å². The fourth-order valence-corrected chi connectivity index (χ4v) is 4.51. The summed E-state index contributed by atoms with van der Waals surface area (Å²) >= 11 is 0. The summed E-state index contributed by atoms with van der Waals surface area (Å²) in [6.45, 7) is 5.57. The molecule has 154 valence electrons. The van der Waals surface area contributed by atoms with Crippen LogP contribution in [0.4, 0.5) is 4.79 Å². The molecule has 1 atom stereocenters. The number of rotatable bonds is 5. The highest BCUT2D eigenvalue weighted by Crippen LogP contribution is 2.33. The molecular formula is C20H30N4O4. The van der Waals surface area contributed by atoms with Crippen LogP contribution in [0.1, 0.15) is 29.6 Å². The van der Waals surface area contributed by atoms with Crippen LogP contribution in [0, 0.1) is 0 Å². The van der Waals surface area contributed by atoms with E-state index >= 15 is 0 Å². The lowest BCUT2D eigenvalue weighted by Gasteiger charge is -2.37. The van der Waals surface area contributed by atoms with Crippen LogP contribution in [0.25, 0.3) is 0 Å². The zero-order chi connectivity index (χ0) is 19.7. The Kier molecular flexibility index (Phi) is 5.33. The van der Waals surface area contributed by atoms with E-state index in [4.69, 9.17) is 9.15 Å². The molecule has 28 heavy (non-hydrogen) atoms. The van der Waals surface area contributed by atoms with Gasteiger partial charge in [0.2, 0.25) is 0 Å². The standard InChI is InChI=1S/C20H30N4O4/c1-21(2)17-3-7-22(13-17)10-11-24-15-20(28-19(24)26)5-8-23(9-6-20)18(25)16-4-12-27-14-16/h4,12,14,17H,3,5-11,13,15H2,1-2H3. The Morgan fingerprint density at radius 3 is 2.68 bits per heavy atom. The molecule has 8 heteroatoms. The third-order valence-corrected chi connectivity index (χ3v) is 6.43. The topological polar surface area (TPSA) is 69.5 Å². The Balaban J connectivity index is 1.26. The molecule has 3 saturated heterocycles. The second-order valence-electron chi connectivity index (χ2n) is 8.48. The summed E-state index contributed by atoms with van der Waals surface area (Å²) in [6.07, 6.45) is 5.33. The molecule has 0 N–H and O–H groups in total. The van der Waals surface area contributed by atoms with Crippen molar-refractivity contribution >= 4 is 12.0 Å². The minimum Gasteiger partial charge on any atom is -0.472 e. The number of ether oxygens (including phenoxy) is 1. The van der Waals surface area contributed by atoms with E-state index in [2.05, 4.69) is 23.9 Å². The van der Waals surface area contributed by atoms with E-state index in [1.165, 1.54) is 18.9 Å². The van der Waals surface area contributed by atoms with Crippen LogP contribution in [-0.2, 0) is 4.74 Å². The van der Waals surface area contributed by atoms with Gasteiger partial charge >= 0.3 is 6.09 Å². The van der Waals surface area contributed by atoms with Gasteiger partial charge < -0.3 is 23.9 Å². The molecule has 3 aliphatic heterocycles. The first-order chi connectivity index (χ1) is 13.5. The van der Waals surface area contributed by atoms with Crippen LogP contribution in [0.15, 0.2) is 23.0 Å². The number of likely N-dealkylation sites (tertiary alicyclic amines) is 2. The maximum absolute atomic E-state index is 12.5. The highest BCUT2D eigenvalue weighted by molar-refractivity contribution is 5.93. The van der Waals surface area contributed by atoms with Crippen LogP contribution in [-0.4, -0.2) is 103 Å². The van der Waals surface area contributed by atoms with Gasteiger partial charge in [0, 0.05) is 51.6 Å². The lowest BCUT2D eigenvalue weighted by atomic mass is 9.91. The highest BCUT2D eigenvalue weighted by atomic mass is 16.6. The number of likely N-dealkylation sites (N-methyl/N-ethyl adjacent to an activating group) is 1. The van der Waals surface area contributed by atoms with Crippen molar-refractivity contribution in [2.24, 2.45) is 0 Å². The molecule has 2 amide bonds. The third kappa shape index (κ3) is 3.89. The van der Waals surface area contributed by atoms with Gasteiger partial charge in [0.25, 0.3) is 5.91 Å². The van der Waals surface area contributed by atoms with Crippen LogP contribution in [0.5, 0.6) is 0 Å². The monoisotopic (exact) mass is 390 g/mol. The predicted molar refractivity (Wildman–Crippen MR) is 103 cm³/mol. The van der Waals surface area contributed by atoms with Crippen molar-refractivity contribution in [2.45, 2.75) is 30.9 Å². The molecule has 0 radical (unpaired) electrons. The van der Waals surface area contributed by atoms with Crippen molar-refractivity contribution < 1.29 is 18.7 Å². The van der Waals surface area contributed by atoms with E-state index in [1.807, 2.05) is 9.80 Å². The molecule has 0 saturated carbocycles. The largest absolute Gasteiger partial charge is 0.472 e.